The number of nitrogens with zero attached hydrogens (tertiary/aromatic N) is 2. The van der Waals surface area contributed by atoms with E-state index in [1.165, 1.54) is 27.5 Å². The lowest BCUT2D eigenvalue weighted by atomic mass is 10.1. The normalized spacial score (nSPS) is 27.2. The largest absolute Gasteiger partial charge is 0.338 e. The molecule has 8 heteroatoms. The van der Waals surface area contributed by atoms with Crippen LogP contribution in [0.2, 0.25) is 0 Å². The molecule has 3 aliphatic rings. The van der Waals surface area contributed by atoms with Crippen LogP contribution in [0.5, 0.6) is 0 Å². The van der Waals surface area contributed by atoms with Crippen molar-refractivity contribution in [1.82, 2.24) is 15.1 Å². The van der Waals surface area contributed by atoms with Crippen molar-refractivity contribution >= 4 is 17.8 Å². The van der Waals surface area contributed by atoms with E-state index in [-0.39, 0.29) is 17.8 Å². The minimum absolute atomic E-state index is 0.132. The van der Waals surface area contributed by atoms with E-state index in [9.17, 15) is 14.4 Å². The number of piperazine rings is 1. The third-order valence-electron chi connectivity index (χ3n) is 6.80. The summed E-state index contributed by atoms with van der Waals surface area (Å²) >= 11 is 0. The van der Waals surface area contributed by atoms with Crippen LogP contribution in [-0.2, 0) is 16.0 Å². The Morgan fingerprint density at radius 3 is 2.26 bits per heavy atom. The van der Waals surface area contributed by atoms with Crippen molar-refractivity contribution in [3.63, 3.8) is 0 Å². The number of likely N-dealkylation sites (tertiary alicyclic amines) is 1. The average molecular weight is 430 g/mol. The average Bonchev–Trinajstić information content (AvgIpc) is 2.98. The van der Waals surface area contributed by atoms with Gasteiger partial charge in [0.1, 0.15) is 32.2 Å². The first-order valence-electron chi connectivity index (χ1n) is 11.7. The summed E-state index contributed by atoms with van der Waals surface area (Å²) in [7, 11) is 0. The van der Waals surface area contributed by atoms with E-state index in [0.29, 0.717) is 19.6 Å². The number of imide groups is 1. The van der Waals surface area contributed by atoms with Crippen LogP contribution in [0.4, 0.5) is 4.79 Å². The Bertz CT molecular complexity index is 771. The van der Waals surface area contributed by atoms with Crippen LogP contribution in [0, 0.1) is 0 Å². The van der Waals surface area contributed by atoms with Gasteiger partial charge in [-0.15, -0.1) is 0 Å². The van der Waals surface area contributed by atoms with Gasteiger partial charge in [-0.1, -0.05) is 43.2 Å². The number of urea groups is 1. The Morgan fingerprint density at radius 1 is 0.935 bits per heavy atom. The lowest BCUT2D eigenvalue weighted by molar-refractivity contribution is -1.01. The molecule has 0 unspecified atom stereocenters. The molecule has 0 saturated carbocycles. The summed E-state index contributed by atoms with van der Waals surface area (Å²) in [4.78, 5) is 43.8. The number of quaternary nitrogens is 2. The lowest BCUT2D eigenvalue weighted by Crippen LogP contribution is -3.29. The maximum atomic E-state index is 12.8. The number of hydrogen-bond acceptors (Lipinski definition) is 3. The predicted molar refractivity (Wildman–Crippen MR) is 115 cm³/mol. The minimum Gasteiger partial charge on any atom is -0.338 e. The lowest BCUT2D eigenvalue weighted by Gasteiger charge is -2.32. The summed E-state index contributed by atoms with van der Waals surface area (Å²) in [6, 6.07) is 9.01. The summed E-state index contributed by atoms with van der Waals surface area (Å²) in [5.74, 6) is 0.144. The molecule has 168 valence electrons. The fourth-order valence-electron chi connectivity index (χ4n) is 4.88. The molecule has 8 nitrogen and oxygen atoms in total. The van der Waals surface area contributed by atoms with Crippen LogP contribution in [0.25, 0.3) is 0 Å². The van der Waals surface area contributed by atoms with Gasteiger partial charge in [0.15, 0.2) is 13.2 Å². The van der Waals surface area contributed by atoms with E-state index in [4.69, 9.17) is 0 Å². The Hall–Kier alpha value is -2.45. The highest BCUT2D eigenvalue weighted by Gasteiger charge is 2.40. The Kier molecular flexibility index (Phi) is 7.19. The first-order valence-corrected chi connectivity index (χ1v) is 11.7. The van der Waals surface area contributed by atoms with E-state index in [1.807, 2.05) is 35.2 Å². The number of carbonyl (C=O) groups is 3. The molecular formula is C23H35N5O3+2. The van der Waals surface area contributed by atoms with Gasteiger partial charge in [-0.05, 0) is 18.4 Å². The van der Waals surface area contributed by atoms with Crippen molar-refractivity contribution in [2.45, 2.75) is 38.1 Å². The number of benzene rings is 1. The third kappa shape index (κ3) is 5.62. The molecule has 3 fully saturated rings. The SMILES string of the molecule is O=C(C[NH+]1CC[NH+](CN2C(=O)N[C@@H](Cc3ccccc3)C2=O)CC1)N1CCCCCC1. The predicted octanol–water partition coefficient (Wildman–Crippen LogP) is -1.71. The zero-order valence-electron chi connectivity index (χ0n) is 18.3. The van der Waals surface area contributed by atoms with E-state index in [0.717, 1.165) is 57.7 Å². The second kappa shape index (κ2) is 10.2. The molecule has 4 rings (SSSR count). The van der Waals surface area contributed by atoms with E-state index < -0.39 is 6.04 Å². The molecule has 0 bridgehead atoms. The summed E-state index contributed by atoms with van der Waals surface area (Å²) in [5, 5.41) is 2.84. The van der Waals surface area contributed by atoms with Crippen molar-refractivity contribution in [1.29, 1.82) is 0 Å². The zero-order valence-corrected chi connectivity index (χ0v) is 18.3. The molecule has 0 spiro atoms. The molecule has 31 heavy (non-hydrogen) atoms. The molecule has 1 aromatic rings. The van der Waals surface area contributed by atoms with Crippen LogP contribution in [0.1, 0.15) is 31.2 Å². The van der Waals surface area contributed by atoms with Crippen molar-refractivity contribution in [2.24, 2.45) is 0 Å². The molecule has 0 aromatic heterocycles. The number of rotatable bonds is 6. The summed E-state index contributed by atoms with van der Waals surface area (Å²) < 4.78 is 0. The molecule has 4 amide bonds. The van der Waals surface area contributed by atoms with Gasteiger partial charge in [-0.2, -0.15) is 0 Å². The van der Waals surface area contributed by atoms with Gasteiger partial charge < -0.3 is 20.0 Å². The first-order chi connectivity index (χ1) is 15.1. The maximum absolute atomic E-state index is 12.8. The van der Waals surface area contributed by atoms with Gasteiger partial charge in [-0.3, -0.25) is 9.59 Å². The van der Waals surface area contributed by atoms with Crippen molar-refractivity contribution < 1.29 is 24.2 Å². The van der Waals surface area contributed by atoms with Crippen LogP contribution in [0.3, 0.4) is 0 Å². The van der Waals surface area contributed by atoms with Gasteiger partial charge in [0, 0.05) is 19.5 Å². The summed E-state index contributed by atoms with van der Waals surface area (Å²) in [6.07, 6.45) is 5.22. The number of carbonyl (C=O) groups excluding carboxylic acids is 3. The van der Waals surface area contributed by atoms with E-state index in [1.54, 1.807) is 0 Å². The minimum atomic E-state index is -0.479. The molecule has 1 atom stereocenters. The van der Waals surface area contributed by atoms with Crippen LogP contribution in [0.15, 0.2) is 30.3 Å². The molecule has 3 saturated heterocycles. The Balaban J connectivity index is 1.22. The van der Waals surface area contributed by atoms with Gasteiger partial charge in [0.05, 0.1) is 0 Å². The van der Waals surface area contributed by atoms with Crippen LogP contribution in [-0.4, -0.2) is 86.2 Å². The van der Waals surface area contributed by atoms with Gasteiger partial charge in [-0.25, -0.2) is 9.69 Å². The molecule has 1 aromatic carbocycles. The van der Waals surface area contributed by atoms with Crippen molar-refractivity contribution in [3.8, 4) is 0 Å². The third-order valence-corrected chi connectivity index (χ3v) is 6.80. The van der Waals surface area contributed by atoms with Crippen LogP contribution < -0.4 is 15.1 Å². The topological polar surface area (TPSA) is 78.6 Å². The summed E-state index contributed by atoms with van der Waals surface area (Å²) in [5.41, 5.74) is 1.04. The summed E-state index contributed by atoms with van der Waals surface area (Å²) in [6.45, 7) is 6.29. The standard InChI is InChI=1S/C23H33N5O3/c29-21(27-10-6-1-2-7-11-27)17-25-12-14-26(15-13-25)18-28-22(30)20(24-23(28)31)16-19-8-4-3-5-9-19/h3-5,8-9,20H,1-2,6-7,10-18H2,(H,24,31)/p+2/t20-/m0/s1. The Labute approximate surface area is 184 Å². The highest BCUT2D eigenvalue weighted by atomic mass is 16.2. The molecule has 0 radical (unpaired) electrons. The molecule has 3 N–H and O–H groups in total. The quantitative estimate of drug-likeness (QED) is 0.472. The zero-order chi connectivity index (χ0) is 21.6. The fraction of sp³-hybridized carbons (Fsp3) is 0.609. The van der Waals surface area contributed by atoms with Gasteiger partial charge in [0.25, 0.3) is 11.8 Å². The van der Waals surface area contributed by atoms with Crippen molar-refractivity contribution in [3.05, 3.63) is 35.9 Å². The second-order valence-electron chi connectivity index (χ2n) is 9.09. The monoisotopic (exact) mass is 429 g/mol. The smallest absolute Gasteiger partial charge is 0.329 e. The first kappa shape index (κ1) is 21.8. The Morgan fingerprint density at radius 2 is 1.58 bits per heavy atom. The number of amides is 4. The highest BCUT2D eigenvalue weighted by Crippen LogP contribution is 2.11. The number of nitrogens with one attached hydrogen (secondary N) is 3. The van der Waals surface area contributed by atoms with E-state index in [2.05, 4.69) is 5.32 Å². The number of hydrogen-bond donors (Lipinski definition) is 3. The second-order valence-corrected chi connectivity index (χ2v) is 9.09. The van der Waals surface area contributed by atoms with Crippen molar-refractivity contribution in [2.75, 3.05) is 52.5 Å². The van der Waals surface area contributed by atoms with Gasteiger partial charge >= 0.3 is 6.03 Å². The molecule has 3 heterocycles. The van der Waals surface area contributed by atoms with E-state index >= 15 is 0 Å². The maximum Gasteiger partial charge on any atom is 0.329 e. The molecule has 0 aliphatic carbocycles. The van der Waals surface area contributed by atoms with Gasteiger partial charge in [0.2, 0.25) is 0 Å². The molecule has 3 aliphatic heterocycles. The molecular weight excluding hydrogens is 394 g/mol. The highest BCUT2D eigenvalue weighted by molar-refractivity contribution is 6.04. The van der Waals surface area contributed by atoms with Crippen LogP contribution >= 0.6 is 0 Å². The fourth-order valence-corrected chi connectivity index (χ4v) is 4.88.